The van der Waals surface area contributed by atoms with Gasteiger partial charge in [-0.1, -0.05) is 0 Å². The van der Waals surface area contributed by atoms with Crippen LogP contribution in [0.1, 0.15) is 18.4 Å². The van der Waals surface area contributed by atoms with Crippen LogP contribution in [-0.4, -0.2) is 72.7 Å². The highest BCUT2D eigenvalue weighted by molar-refractivity contribution is 5.78. The van der Waals surface area contributed by atoms with Crippen molar-refractivity contribution in [2.24, 2.45) is 0 Å². The quantitative estimate of drug-likeness (QED) is 0.827. The molecule has 0 aromatic carbocycles. The van der Waals surface area contributed by atoms with Gasteiger partial charge in [0.05, 0.1) is 12.6 Å². The number of pyridine rings is 1. The molecule has 3 heterocycles. The number of amides is 1. The number of hydrogen-bond donors (Lipinski definition) is 1. The molecule has 3 rings (SSSR count). The van der Waals surface area contributed by atoms with Crippen molar-refractivity contribution in [1.82, 2.24) is 20.1 Å². The smallest absolute Gasteiger partial charge is 0.234 e. The van der Waals surface area contributed by atoms with Gasteiger partial charge < -0.3 is 10.1 Å². The first kappa shape index (κ1) is 16.4. The molecule has 2 aliphatic heterocycles. The Labute approximate surface area is 137 Å². The van der Waals surface area contributed by atoms with Crippen molar-refractivity contribution >= 4 is 5.91 Å². The van der Waals surface area contributed by atoms with Crippen LogP contribution in [0.5, 0.6) is 0 Å². The minimum atomic E-state index is 0.114. The fourth-order valence-corrected chi connectivity index (χ4v) is 3.14. The van der Waals surface area contributed by atoms with Crippen molar-refractivity contribution in [2.45, 2.75) is 25.5 Å². The third-order valence-electron chi connectivity index (χ3n) is 4.54. The molecule has 2 aliphatic rings. The van der Waals surface area contributed by atoms with Crippen LogP contribution in [-0.2, 0) is 16.1 Å². The Kier molecular flexibility index (Phi) is 5.96. The van der Waals surface area contributed by atoms with Gasteiger partial charge in [-0.15, -0.1) is 0 Å². The standard InChI is InChI=1S/C17H26N4O2/c22-17(19-12-16-2-1-11-23-16)14-21-9-7-20(8-10-21)13-15-3-5-18-6-4-15/h3-6,16H,1-2,7-14H2,(H,19,22). The minimum Gasteiger partial charge on any atom is -0.376 e. The second kappa shape index (κ2) is 8.38. The molecule has 0 bridgehead atoms. The molecule has 1 amide bonds. The molecule has 0 spiro atoms. The van der Waals surface area contributed by atoms with E-state index in [-0.39, 0.29) is 12.0 Å². The SMILES string of the molecule is O=C(CN1CCN(Cc2ccncc2)CC1)NCC1CCCO1. The Balaban J connectivity index is 1.33. The van der Waals surface area contributed by atoms with E-state index in [4.69, 9.17) is 4.74 Å². The molecule has 23 heavy (non-hydrogen) atoms. The molecule has 0 aliphatic carbocycles. The number of piperazine rings is 1. The van der Waals surface area contributed by atoms with Crippen molar-refractivity contribution in [1.29, 1.82) is 0 Å². The lowest BCUT2D eigenvalue weighted by molar-refractivity contribution is -0.123. The summed E-state index contributed by atoms with van der Waals surface area (Å²) in [5.74, 6) is 0.114. The van der Waals surface area contributed by atoms with Gasteiger partial charge in [-0.3, -0.25) is 19.6 Å². The van der Waals surface area contributed by atoms with Crippen molar-refractivity contribution < 1.29 is 9.53 Å². The van der Waals surface area contributed by atoms with E-state index in [1.54, 1.807) is 0 Å². The van der Waals surface area contributed by atoms with Crippen molar-refractivity contribution in [3.05, 3.63) is 30.1 Å². The number of ether oxygens (including phenoxy) is 1. The molecule has 2 fully saturated rings. The zero-order chi connectivity index (χ0) is 15.9. The van der Waals surface area contributed by atoms with E-state index in [0.717, 1.165) is 52.2 Å². The third-order valence-corrected chi connectivity index (χ3v) is 4.54. The van der Waals surface area contributed by atoms with Gasteiger partial charge >= 0.3 is 0 Å². The Morgan fingerprint density at radius 2 is 1.96 bits per heavy atom. The molecule has 1 N–H and O–H groups in total. The minimum absolute atomic E-state index is 0.114. The van der Waals surface area contributed by atoms with Crippen LogP contribution in [0.2, 0.25) is 0 Å². The Bertz CT molecular complexity index is 483. The highest BCUT2D eigenvalue weighted by atomic mass is 16.5. The molecule has 1 aromatic rings. The van der Waals surface area contributed by atoms with Gasteiger partial charge in [0.25, 0.3) is 0 Å². The lowest BCUT2D eigenvalue weighted by Crippen LogP contribution is -2.49. The summed E-state index contributed by atoms with van der Waals surface area (Å²) in [7, 11) is 0. The third kappa shape index (κ3) is 5.27. The van der Waals surface area contributed by atoms with Crippen LogP contribution in [0.3, 0.4) is 0 Å². The maximum atomic E-state index is 12.0. The van der Waals surface area contributed by atoms with Crippen LogP contribution >= 0.6 is 0 Å². The first-order valence-electron chi connectivity index (χ1n) is 8.51. The van der Waals surface area contributed by atoms with Gasteiger partial charge in [0.15, 0.2) is 0 Å². The van der Waals surface area contributed by atoms with Crippen molar-refractivity contribution in [3.8, 4) is 0 Å². The van der Waals surface area contributed by atoms with Gasteiger partial charge in [-0.25, -0.2) is 0 Å². The summed E-state index contributed by atoms with van der Waals surface area (Å²) in [6, 6.07) is 4.12. The maximum Gasteiger partial charge on any atom is 0.234 e. The molecular weight excluding hydrogens is 292 g/mol. The molecule has 1 unspecified atom stereocenters. The molecule has 0 radical (unpaired) electrons. The number of hydrogen-bond acceptors (Lipinski definition) is 5. The molecule has 126 valence electrons. The summed E-state index contributed by atoms with van der Waals surface area (Å²) < 4.78 is 5.52. The predicted octanol–water partition coefficient (Wildman–Crippen LogP) is 0.494. The second-order valence-corrected chi connectivity index (χ2v) is 6.35. The van der Waals surface area contributed by atoms with Crippen LogP contribution in [0, 0.1) is 0 Å². The van der Waals surface area contributed by atoms with Crippen molar-refractivity contribution in [3.63, 3.8) is 0 Å². The maximum absolute atomic E-state index is 12.0. The average molecular weight is 318 g/mol. The van der Waals surface area contributed by atoms with E-state index >= 15 is 0 Å². The molecule has 1 atom stereocenters. The Morgan fingerprint density at radius 3 is 2.65 bits per heavy atom. The van der Waals surface area contributed by atoms with Gasteiger partial charge in [0, 0.05) is 58.3 Å². The van der Waals surface area contributed by atoms with E-state index in [2.05, 4.69) is 32.2 Å². The molecule has 1 aromatic heterocycles. The Morgan fingerprint density at radius 1 is 1.22 bits per heavy atom. The number of carbonyl (C=O) groups is 1. The lowest BCUT2D eigenvalue weighted by atomic mass is 10.2. The Hall–Kier alpha value is -1.50. The first-order chi connectivity index (χ1) is 11.3. The summed E-state index contributed by atoms with van der Waals surface area (Å²) >= 11 is 0. The number of nitrogens with zero attached hydrogens (tertiary/aromatic N) is 3. The molecule has 6 nitrogen and oxygen atoms in total. The number of aromatic nitrogens is 1. The largest absolute Gasteiger partial charge is 0.376 e. The molecule has 6 heteroatoms. The van der Waals surface area contributed by atoms with E-state index in [1.165, 1.54) is 5.56 Å². The van der Waals surface area contributed by atoms with E-state index in [0.29, 0.717) is 13.1 Å². The summed E-state index contributed by atoms with van der Waals surface area (Å²) in [6.07, 6.45) is 6.07. The summed E-state index contributed by atoms with van der Waals surface area (Å²) in [4.78, 5) is 20.7. The van der Waals surface area contributed by atoms with Crippen molar-refractivity contribution in [2.75, 3.05) is 45.9 Å². The fourth-order valence-electron chi connectivity index (χ4n) is 3.14. The zero-order valence-corrected chi connectivity index (χ0v) is 13.6. The monoisotopic (exact) mass is 318 g/mol. The van der Waals surface area contributed by atoms with Crippen LogP contribution in [0.15, 0.2) is 24.5 Å². The highest BCUT2D eigenvalue weighted by Crippen LogP contribution is 2.11. The zero-order valence-electron chi connectivity index (χ0n) is 13.6. The normalized spacial score (nSPS) is 23.0. The predicted molar refractivity (Wildman–Crippen MR) is 87.9 cm³/mol. The van der Waals surface area contributed by atoms with Gasteiger partial charge in [0.1, 0.15) is 0 Å². The lowest BCUT2D eigenvalue weighted by Gasteiger charge is -2.34. The van der Waals surface area contributed by atoms with Crippen LogP contribution in [0.25, 0.3) is 0 Å². The van der Waals surface area contributed by atoms with Crippen LogP contribution < -0.4 is 5.32 Å². The molecular formula is C17H26N4O2. The number of carbonyl (C=O) groups excluding carboxylic acids is 1. The first-order valence-corrected chi connectivity index (χ1v) is 8.51. The second-order valence-electron chi connectivity index (χ2n) is 6.35. The number of nitrogens with one attached hydrogen (secondary N) is 1. The average Bonchev–Trinajstić information content (AvgIpc) is 3.09. The van der Waals surface area contributed by atoms with Gasteiger partial charge in [0.2, 0.25) is 5.91 Å². The van der Waals surface area contributed by atoms with Crippen LogP contribution in [0.4, 0.5) is 0 Å². The highest BCUT2D eigenvalue weighted by Gasteiger charge is 2.20. The molecule has 2 saturated heterocycles. The molecule has 0 saturated carbocycles. The summed E-state index contributed by atoms with van der Waals surface area (Å²) in [5.41, 5.74) is 1.29. The van der Waals surface area contributed by atoms with E-state index in [9.17, 15) is 4.79 Å². The summed E-state index contributed by atoms with van der Waals surface area (Å²) in [5, 5.41) is 3.00. The van der Waals surface area contributed by atoms with E-state index in [1.807, 2.05) is 12.4 Å². The van der Waals surface area contributed by atoms with E-state index < -0.39 is 0 Å². The topological polar surface area (TPSA) is 57.7 Å². The van der Waals surface area contributed by atoms with Gasteiger partial charge in [-0.2, -0.15) is 0 Å². The van der Waals surface area contributed by atoms with Gasteiger partial charge in [-0.05, 0) is 30.5 Å². The fraction of sp³-hybridized carbons (Fsp3) is 0.647. The number of rotatable bonds is 6. The summed E-state index contributed by atoms with van der Waals surface area (Å²) in [6.45, 7) is 6.83.